The van der Waals surface area contributed by atoms with Gasteiger partial charge >= 0.3 is 0 Å². The first-order valence-corrected chi connectivity index (χ1v) is 9.88. The number of ether oxygens (including phenoxy) is 4. The van der Waals surface area contributed by atoms with Crippen LogP contribution in [0, 0.1) is 0 Å². The van der Waals surface area contributed by atoms with Gasteiger partial charge in [0, 0.05) is 32.3 Å². The van der Waals surface area contributed by atoms with Crippen LogP contribution in [0.2, 0.25) is 0 Å². The lowest BCUT2D eigenvalue weighted by molar-refractivity contribution is 0.0516. The van der Waals surface area contributed by atoms with Gasteiger partial charge in [0.05, 0.1) is 26.6 Å². The fraction of sp³-hybridized carbons (Fsp3) is 0.647. The molecule has 1 N–H and O–H groups in total. The molecule has 0 radical (unpaired) electrons. The first-order chi connectivity index (χ1) is 12.0. The van der Waals surface area contributed by atoms with Crippen molar-refractivity contribution in [3.63, 3.8) is 0 Å². The maximum Gasteiger partial charge on any atom is 0.213 e. The minimum Gasteiger partial charge on any atom is -0.493 e. The Morgan fingerprint density at radius 1 is 1.12 bits per heavy atom. The Morgan fingerprint density at radius 3 is 2.40 bits per heavy atom. The van der Waals surface area contributed by atoms with Crippen LogP contribution in [0.5, 0.6) is 11.5 Å². The molecule has 8 heteroatoms. The van der Waals surface area contributed by atoms with E-state index < -0.39 is 10.0 Å². The van der Waals surface area contributed by atoms with E-state index in [0.29, 0.717) is 31.3 Å². The zero-order chi connectivity index (χ0) is 18.3. The maximum atomic E-state index is 12.2. The summed E-state index contributed by atoms with van der Waals surface area (Å²) in [6, 6.07) is 5.74. The van der Waals surface area contributed by atoms with Gasteiger partial charge < -0.3 is 18.9 Å². The van der Waals surface area contributed by atoms with E-state index in [0.717, 1.165) is 18.4 Å². The van der Waals surface area contributed by atoms with Crippen LogP contribution >= 0.6 is 0 Å². The SMILES string of the molecule is COCCS(=O)(=O)NCC1(c2ccc(OC)c(OC)c2)CCOCC1. The van der Waals surface area contributed by atoms with Gasteiger partial charge in [0.1, 0.15) is 0 Å². The second-order valence-electron chi connectivity index (χ2n) is 6.10. The molecule has 1 aliphatic heterocycles. The molecule has 0 bridgehead atoms. The van der Waals surface area contributed by atoms with Gasteiger partial charge in [-0.05, 0) is 30.5 Å². The molecule has 1 saturated heterocycles. The number of benzene rings is 1. The Kier molecular flexibility index (Phi) is 7.06. The summed E-state index contributed by atoms with van der Waals surface area (Å²) in [7, 11) is 1.27. The van der Waals surface area contributed by atoms with Crippen molar-refractivity contribution in [2.24, 2.45) is 0 Å². The lowest BCUT2D eigenvalue weighted by Gasteiger charge is -2.38. The van der Waals surface area contributed by atoms with E-state index in [9.17, 15) is 8.42 Å². The van der Waals surface area contributed by atoms with Crippen molar-refractivity contribution >= 4 is 10.0 Å². The number of sulfonamides is 1. The molecule has 0 atom stereocenters. The van der Waals surface area contributed by atoms with Crippen molar-refractivity contribution in [3.8, 4) is 11.5 Å². The van der Waals surface area contributed by atoms with Gasteiger partial charge in [-0.2, -0.15) is 0 Å². The molecule has 1 aromatic rings. The van der Waals surface area contributed by atoms with E-state index >= 15 is 0 Å². The molecule has 142 valence electrons. The van der Waals surface area contributed by atoms with Crippen LogP contribution in [0.25, 0.3) is 0 Å². The highest BCUT2D eigenvalue weighted by Gasteiger charge is 2.36. The monoisotopic (exact) mass is 373 g/mol. The average molecular weight is 373 g/mol. The second-order valence-corrected chi connectivity index (χ2v) is 8.02. The smallest absolute Gasteiger partial charge is 0.213 e. The van der Waals surface area contributed by atoms with Gasteiger partial charge in [-0.3, -0.25) is 0 Å². The largest absolute Gasteiger partial charge is 0.493 e. The standard InChI is InChI=1S/C17H27NO6S/c1-21-10-11-25(19,20)18-13-17(6-8-24-9-7-17)14-4-5-15(22-2)16(12-14)23-3/h4-5,12,18H,6-11,13H2,1-3H3. The van der Waals surface area contributed by atoms with E-state index in [1.54, 1.807) is 14.2 Å². The summed E-state index contributed by atoms with van der Waals surface area (Å²) < 4.78 is 48.1. The molecule has 0 amide bonds. The van der Waals surface area contributed by atoms with Crippen molar-refractivity contribution in [3.05, 3.63) is 23.8 Å². The quantitative estimate of drug-likeness (QED) is 0.703. The van der Waals surface area contributed by atoms with Crippen LogP contribution in [-0.2, 0) is 24.9 Å². The second kappa shape index (κ2) is 8.84. The third kappa shape index (κ3) is 5.07. The molecule has 0 saturated carbocycles. The molecule has 0 aromatic heterocycles. The number of nitrogens with one attached hydrogen (secondary N) is 1. The molecule has 7 nitrogen and oxygen atoms in total. The zero-order valence-electron chi connectivity index (χ0n) is 15.0. The summed E-state index contributed by atoms with van der Waals surface area (Å²) in [5.41, 5.74) is 0.681. The summed E-state index contributed by atoms with van der Waals surface area (Å²) in [5, 5.41) is 0. The summed E-state index contributed by atoms with van der Waals surface area (Å²) in [5.74, 6) is 1.23. The predicted octanol–water partition coefficient (Wildman–Crippen LogP) is 1.32. The molecule has 0 spiro atoms. The number of hydrogen-bond acceptors (Lipinski definition) is 6. The molecule has 1 aromatic carbocycles. The Hall–Kier alpha value is -1.35. The zero-order valence-corrected chi connectivity index (χ0v) is 15.9. The van der Waals surface area contributed by atoms with Crippen molar-refractivity contribution in [1.82, 2.24) is 4.72 Å². The fourth-order valence-corrected chi connectivity index (χ4v) is 4.04. The molecule has 25 heavy (non-hydrogen) atoms. The summed E-state index contributed by atoms with van der Waals surface area (Å²) >= 11 is 0. The lowest BCUT2D eigenvalue weighted by atomic mass is 9.74. The normalized spacial score (nSPS) is 17.2. The summed E-state index contributed by atoms with van der Waals surface area (Å²) in [6.07, 6.45) is 1.46. The lowest BCUT2D eigenvalue weighted by Crippen LogP contribution is -2.45. The van der Waals surface area contributed by atoms with Gasteiger partial charge in [-0.15, -0.1) is 0 Å². The van der Waals surface area contributed by atoms with E-state index in [4.69, 9.17) is 18.9 Å². The molecule has 0 unspecified atom stereocenters. The third-order valence-electron chi connectivity index (χ3n) is 4.63. The van der Waals surface area contributed by atoms with Gasteiger partial charge in [-0.25, -0.2) is 13.1 Å². The number of rotatable bonds is 9. The minimum absolute atomic E-state index is 0.0536. The Morgan fingerprint density at radius 2 is 1.80 bits per heavy atom. The first kappa shape index (κ1) is 20.0. The predicted molar refractivity (Wildman–Crippen MR) is 94.9 cm³/mol. The molecular formula is C17H27NO6S. The highest BCUT2D eigenvalue weighted by Crippen LogP contribution is 2.39. The molecule has 1 aliphatic rings. The van der Waals surface area contributed by atoms with Gasteiger partial charge in [-0.1, -0.05) is 6.07 Å². The van der Waals surface area contributed by atoms with Crippen molar-refractivity contribution in [2.75, 3.05) is 53.4 Å². The van der Waals surface area contributed by atoms with Crippen LogP contribution in [0.15, 0.2) is 18.2 Å². The number of methoxy groups -OCH3 is 3. The van der Waals surface area contributed by atoms with Crippen molar-refractivity contribution in [1.29, 1.82) is 0 Å². The molecule has 1 fully saturated rings. The highest BCUT2D eigenvalue weighted by atomic mass is 32.2. The van der Waals surface area contributed by atoms with E-state index in [1.165, 1.54) is 7.11 Å². The van der Waals surface area contributed by atoms with Crippen LogP contribution in [0.3, 0.4) is 0 Å². The van der Waals surface area contributed by atoms with Crippen LogP contribution < -0.4 is 14.2 Å². The first-order valence-electron chi connectivity index (χ1n) is 8.23. The van der Waals surface area contributed by atoms with E-state index in [1.807, 2.05) is 18.2 Å². The summed E-state index contributed by atoms with van der Waals surface area (Å²) in [4.78, 5) is 0. The Labute approximate surface area is 149 Å². The van der Waals surface area contributed by atoms with E-state index in [-0.39, 0.29) is 17.8 Å². The van der Waals surface area contributed by atoms with Crippen molar-refractivity contribution < 1.29 is 27.4 Å². The number of hydrogen-bond donors (Lipinski definition) is 1. The minimum atomic E-state index is -3.39. The summed E-state index contributed by atoms with van der Waals surface area (Å²) in [6.45, 7) is 1.67. The fourth-order valence-electron chi connectivity index (χ4n) is 3.01. The van der Waals surface area contributed by atoms with Crippen molar-refractivity contribution in [2.45, 2.75) is 18.3 Å². The average Bonchev–Trinajstić information content (AvgIpc) is 2.65. The van der Waals surface area contributed by atoms with Crippen LogP contribution in [-0.4, -0.2) is 61.9 Å². The highest BCUT2D eigenvalue weighted by molar-refractivity contribution is 7.89. The molecular weight excluding hydrogens is 346 g/mol. The van der Waals surface area contributed by atoms with E-state index in [2.05, 4.69) is 4.72 Å². The molecule has 2 rings (SSSR count). The Bertz CT molecular complexity index is 655. The van der Waals surface area contributed by atoms with Crippen LogP contribution in [0.4, 0.5) is 0 Å². The molecule has 0 aliphatic carbocycles. The maximum absolute atomic E-state index is 12.2. The van der Waals surface area contributed by atoms with Gasteiger partial charge in [0.2, 0.25) is 10.0 Å². The van der Waals surface area contributed by atoms with Gasteiger partial charge in [0.15, 0.2) is 11.5 Å². The topological polar surface area (TPSA) is 83.1 Å². The van der Waals surface area contributed by atoms with Gasteiger partial charge in [0.25, 0.3) is 0 Å². The van der Waals surface area contributed by atoms with Crippen LogP contribution in [0.1, 0.15) is 18.4 Å². The third-order valence-corrected chi connectivity index (χ3v) is 5.92. The molecule has 1 heterocycles. The Balaban J connectivity index is 2.26.